The summed E-state index contributed by atoms with van der Waals surface area (Å²) in [5.74, 6) is -0.963. The Morgan fingerprint density at radius 2 is 1.64 bits per heavy atom. The standard InChI is InChI=1S/C17H34N2O3/c1-9-19(16(4,5)6)11-17(7,8)15(22)18-13(14(20)21)10-12(2)3/h12-13H,9-11H2,1-8H3,(H,18,22)(H,20,21). The van der Waals surface area contributed by atoms with Gasteiger partial charge in [-0.3, -0.25) is 9.69 Å². The maximum absolute atomic E-state index is 12.5. The zero-order chi connectivity index (χ0) is 17.7. The van der Waals surface area contributed by atoms with Crippen molar-refractivity contribution in [3.05, 3.63) is 0 Å². The fourth-order valence-electron chi connectivity index (χ4n) is 2.42. The molecule has 1 unspecified atom stereocenters. The van der Waals surface area contributed by atoms with E-state index in [0.717, 1.165) is 6.54 Å². The van der Waals surface area contributed by atoms with Crippen molar-refractivity contribution in [2.75, 3.05) is 13.1 Å². The van der Waals surface area contributed by atoms with Crippen LogP contribution in [0, 0.1) is 11.3 Å². The van der Waals surface area contributed by atoms with Crippen LogP contribution in [0.1, 0.15) is 61.8 Å². The Hall–Kier alpha value is -1.10. The highest BCUT2D eigenvalue weighted by atomic mass is 16.4. The van der Waals surface area contributed by atoms with E-state index < -0.39 is 17.4 Å². The summed E-state index contributed by atoms with van der Waals surface area (Å²) in [5.41, 5.74) is -0.676. The fourth-order valence-corrected chi connectivity index (χ4v) is 2.42. The van der Waals surface area contributed by atoms with E-state index in [4.69, 9.17) is 0 Å². The Morgan fingerprint density at radius 3 is 1.95 bits per heavy atom. The Labute approximate surface area is 135 Å². The molecule has 1 atom stereocenters. The van der Waals surface area contributed by atoms with E-state index in [0.29, 0.717) is 13.0 Å². The van der Waals surface area contributed by atoms with E-state index in [2.05, 4.69) is 37.9 Å². The molecule has 5 heteroatoms. The van der Waals surface area contributed by atoms with Gasteiger partial charge in [0.25, 0.3) is 0 Å². The lowest BCUT2D eigenvalue weighted by Gasteiger charge is -2.40. The number of carbonyl (C=O) groups excluding carboxylic acids is 1. The third-order valence-corrected chi connectivity index (χ3v) is 3.84. The number of aliphatic carboxylic acids is 1. The van der Waals surface area contributed by atoms with Crippen LogP contribution < -0.4 is 5.32 Å². The molecular formula is C17H34N2O3. The molecule has 0 aromatic heterocycles. The second kappa shape index (κ2) is 7.95. The summed E-state index contributed by atoms with van der Waals surface area (Å²) in [6.45, 7) is 17.5. The number of rotatable bonds is 8. The largest absolute Gasteiger partial charge is 0.480 e. The van der Waals surface area contributed by atoms with Crippen molar-refractivity contribution in [2.24, 2.45) is 11.3 Å². The first-order valence-corrected chi connectivity index (χ1v) is 8.10. The first-order valence-electron chi connectivity index (χ1n) is 8.10. The molecule has 0 rings (SSSR count). The van der Waals surface area contributed by atoms with Gasteiger partial charge in [0.05, 0.1) is 5.41 Å². The molecule has 0 heterocycles. The van der Waals surface area contributed by atoms with E-state index in [1.54, 1.807) is 0 Å². The highest BCUT2D eigenvalue weighted by Gasteiger charge is 2.35. The molecule has 0 radical (unpaired) electrons. The van der Waals surface area contributed by atoms with Crippen LogP contribution in [0.4, 0.5) is 0 Å². The Bertz CT molecular complexity index is 384. The van der Waals surface area contributed by atoms with Crippen LogP contribution in [0.3, 0.4) is 0 Å². The molecule has 2 N–H and O–H groups in total. The van der Waals surface area contributed by atoms with Gasteiger partial charge in [-0.1, -0.05) is 20.8 Å². The summed E-state index contributed by atoms with van der Waals surface area (Å²) in [6.07, 6.45) is 0.438. The smallest absolute Gasteiger partial charge is 0.326 e. The predicted octanol–water partition coefficient (Wildman–Crippen LogP) is 2.75. The van der Waals surface area contributed by atoms with Gasteiger partial charge in [-0.25, -0.2) is 4.79 Å². The number of hydrogen-bond donors (Lipinski definition) is 2. The van der Waals surface area contributed by atoms with Crippen molar-refractivity contribution < 1.29 is 14.7 Å². The highest BCUT2D eigenvalue weighted by molar-refractivity contribution is 5.87. The maximum atomic E-state index is 12.5. The SMILES string of the molecule is CCN(CC(C)(C)C(=O)NC(CC(C)C)C(=O)O)C(C)(C)C. The molecule has 0 aromatic rings. The van der Waals surface area contributed by atoms with Gasteiger partial charge in [0.1, 0.15) is 6.04 Å². The molecule has 0 saturated carbocycles. The van der Waals surface area contributed by atoms with E-state index >= 15 is 0 Å². The van der Waals surface area contributed by atoms with Gasteiger partial charge in [-0.2, -0.15) is 0 Å². The van der Waals surface area contributed by atoms with Gasteiger partial charge in [-0.15, -0.1) is 0 Å². The molecule has 1 amide bonds. The molecular weight excluding hydrogens is 280 g/mol. The van der Waals surface area contributed by atoms with Crippen LogP contribution in [0.2, 0.25) is 0 Å². The number of nitrogens with one attached hydrogen (secondary N) is 1. The topological polar surface area (TPSA) is 69.6 Å². The molecule has 0 bridgehead atoms. The van der Waals surface area contributed by atoms with E-state index in [1.807, 2.05) is 27.7 Å². The molecule has 5 nitrogen and oxygen atoms in total. The van der Waals surface area contributed by atoms with Gasteiger partial charge in [0, 0.05) is 12.1 Å². The molecule has 0 fully saturated rings. The first-order chi connectivity index (χ1) is 9.81. The number of hydrogen-bond acceptors (Lipinski definition) is 3. The number of carboxylic acids is 1. The Kier molecular flexibility index (Phi) is 7.55. The fraction of sp³-hybridized carbons (Fsp3) is 0.882. The number of nitrogens with zero attached hydrogens (tertiary/aromatic N) is 1. The summed E-state index contributed by atoms with van der Waals surface area (Å²) >= 11 is 0. The molecule has 0 aliphatic heterocycles. The third-order valence-electron chi connectivity index (χ3n) is 3.84. The third kappa shape index (κ3) is 6.77. The lowest BCUT2D eigenvalue weighted by Crippen LogP contribution is -2.53. The van der Waals surface area contributed by atoms with Crippen LogP contribution in [-0.2, 0) is 9.59 Å². The lowest BCUT2D eigenvalue weighted by molar-refractivity contribution is -0.144. The van der Waals surface area contributed by atoms with Gasteiger partial charge in [-0.05, 0) is 53.5 Å². The zero-order valence-electron chi connectivity index (χ0n) is 15.5. The maximum Gasteiger partial charge on any atom is 0.326 e. The molecule has 0 aromatic carbocycles. The summed E-state index contributed by atoms with van der Waals surface area (Å²) in [6, 6.07) is -0.823. The lowest BCUT2D eigenvalue weighted by atomic mass is 9.88. The van der Waals surface area contributed by atoms with Crippen LogP contribution in [0.5, 0.6) is 0 Å². The summed E-state index contributed by atoms with van der Waals surface area (Å²) in [5, 5.41) is 12.0. The molecule has 22 heavy (non-hydrogen) atoms. The predicted molar refractivity (Wildman–Crippen MR) is 89.8 cm³/mol. The first kappa shape index (κ1) is 20.9. The number of carboxylic acid groups (broad SMARTS) is 1. The average molecular weight is 314 g/mol. The second-order valence-electron chi connectivity index (χ2n) is 8.06. The summed E-state index contributed by atoms with van der Waals surface area (Å²) < 4.78 is 0. The van der Waals surface area contributed by atoms with Gasteiger partial charge >= 0.3 is 5.97 Å². The molecule has 130 valence electrons. The van der Waals surface area contributed by atoms with Crippen LogP contribution >= 0.6 is 0 Å². The average Bonchev–Trinajstić information content (AvgIpc) is 2.32. The van der Waals surface area contributed by atoms with Crippen LogP contribution in [0.25, 0.3) is 0 Å². The van der Waals surface area contributed by atoms with E-state index in [1.165, 1.54) is 0 Å². The van der Waals surface area contributed by atoms with Crippen LogP contribution in [-0.4, -0.2) is 46.6 Å². The van der Waals surface area contributed by atoms with Crippen LogP contribution in [0.15, 0.2) is 0 Å². The van der Waals surface area contributed by atoms with Crippen molar-refractivity contribution in [3.63, 3.8) is 0 Å². The Balaban J connectivity index is 4.96. The normalized spacial score (nSPS) is 14.3. The minimum absolute atomic E-state index is 0.0313. The van der Waals surface area contributed by atoms with Crippen molar-refractivity contribution in [2.45, 2.75) is 73.4 Å². The van der Waals surface area contributed by atoms with Crippen molar-refractivity contribution >= 4 is 11.9 Å². The summed E-state index contributed by atoms with van der Waals surface area (Å²) in [7, 11) is 0. The zero-order valence-corrected chi connectivity index (χ0v) is 15.5. The second-order valence-corrected chi connectivity index (χ2v) is 8.06. The number of carbonyl (C=O) groups is 2. The molecule has 0 saturated heterocycles. The van der Waals surface area contributed by atoms with E-state index in [9.17, 15) is 14.7 Å². The Morgan fingerprint density at radius 1 is 1.14 bits per heavy atom. The van der Waals surface area contributed by atoms with Gasteiger partial charge < -0.3 is 10.4 Å². The van der Waals surface area contributed by atoms with Gasteiger partial charge in [0.2, 0.25) is 5.91 Å². The van der Waals surface area contributed by atoms with E-state index in [-0.39, 0.29) is 17.4 Å². The molecule has 0 aliphatic rings. The van der Waals surface area contributed by atoms with Gasteiger partial charge in [0.15, 0.2) is 0 Å². The summed E-state index contributed by atoms with van der Waals surface area (Å²) in [4.78, 5) is 26.1. The molecule has 0 spiro atoms. The monoisotopic (exact) mass is 314 g/mol. The quantitative estimate of drug-likeness (QED) is 0.723. The van der Waals surface area contributed by atoms with Crippen molar-refractivity contribution in [3.8, 4) is 0 Å². The highest BCUT2D eigenvalue weighted by Crippen LogP contribution is 2.23. The van der Waals surface area contributed by atoms with Crippen molar-refractivity contribution in [1.82, 2.24) is 10.2 Å². The minimum atomic E-state index is -0.971. The minimum Gasteiger partial charge on any atom is -0.480 e. The number of amides is 1. The van der Waals surface area contributed by atoms with Crippen molar-refractivity contribution in [1.29, 1.82) is 0 Å². The molecule has 0 aliphatic carbocycles.